The van der Waals surface area contributed by atoms with Crippen LogP contribution in [0.25, 0.3) is 38.8 Å². The molecule has 0 radical (unpaired) electrons. The van der Waals surface area contributed by atoms with Crippen LogP contribution < -0.4 is 0 Å². The number of aryl methyl sites for hydroxylation is 1. The molecule has 0 aliphatic carbocycles. The second kappa shape index (κ2) is 9.17. The molecule has 3 heterocycles. The van der Waals surface area contributed by atoms with Crippen molar-refractivity contribution in [3.63, 3.8) is 0 Å². The van der Waals surface area contributed by atoms with Crippen LogP contribution >= 0.6 is 0 Å². The van der Waals surface area contributed by atoms with Crippen LogP contribution in [-0.4, -0.2) is 23.0 Å². The predicted octanol–water partition coefficient (Wildman–Crippen LogP) is 7.68. The third-order valence-electron chi connectivity index (χ3n) is 7.16. The molecule has 0 saturated heterocycles. The Balaban J connectivity index is 1.54. The van der Waals surface area contributed by atoms with Crippen LogP contribution in [0, 0.1) is 6.92 Å². The van der Waals surface area contributed by atoms with Crippen LogP contribution in [0.4, 0.5) is 0 Å². The highest BCUT2D eigenvalue weighted by Gasteiger charge is 2.21. The molecule has 0 aliphatic heterocycles. The van der Waals surface area contributed by atoms with Crippen molar-refractivity contribution in [3.8, 4) is 16.9 Å². The van der Waals surface area contributed by atoms with E-state index in [9.17, 15) is 8.42 Å². The molecular weight excluding hydrogens is 502 g/mol. The molecule has 39 heavy (non-hydrogen) atoms. The van der Waals surface area contributed by atoms with E-state index >= 15 is 0 Å². The molecule has 0 unspecified atom stereocenters. The van der Waals surface area contributed by atoms with Gasteiger partial charge >= 0.3 is 0 Å². The molecule has 0 saturated carbocycles. The van der Waals surface area contributed by atoms with Gasteiger partial charge in [-0.1, -0.05) is 63.2 Å². The topological polar surface area (TPSA) is 64.8 Å². The number of aromatic nitrogens is 3. The van der Waals surface area contributed by atoms with Crippen LogP contribution in [0.15, 0.2) is 113 Å². The van der Waals surface area contributed by atoms with Gasteiger partial charge in [0, 0.05) is 23.2 Å². The van der Waals surface area contributed by atoms with Gasteiger partial charge in [0.15, 0.2) is 5.03 Å². The zero-order valence-corrected chi connectivity index (χ0v) is 23.2. The van der Waals surface area contributed by atoms with Gasteiger partial charge in [0.1, 0.15) is 5.82 Å². The third kappa shape index (κ3) is 4.41. The average molecular weight is 532 g/mol. The Hall–Kier alpha value is -4.29. The fraction of sp³-hybridized carbons (Fsp3) is 0.152. The summed E-state index contributed by atoms with van der Waals surface area (Å²) in [4.78, 5) is 9.11. The van der Waals surface area contributed by atoms with E-state index in [1.54, 1.807) is 30.3 Å². The first-order valence-electron chi connectivity index (χ1n) is 12.9. The van der Waals surface area contributed by atoms with Gasteiger partial charge in [-0.15, -0.1) is 0 Å². The van der Waals surface area contributed by atoms with Gasteiger partial charge < -0.3 is 0 Å². The van der Waals surface area contributed by atoms with Gasteiger partial charge in [0.25, 0.3) is 0 Å². The predicted molar refractivity (Wildman–Crippen MR) is 157 cm³/mol. The number of fused-ring (bicyclic) bond motifs is 3. The van der Waals surface area contributed by atoms with E-state index in [0.29, 0.717) is 0 Å². The second-order valence-electron chi connectivity index (χ2n) is 10.9. The van der Waals surface area contributed by atoms with Crippen LogP contribution in [-0.2, 0) is 15.3 Å². The summed E-state index contributed by atoms with van der Waals surface area (Å²) in [7, 11) is -3.75. The summed E-state index contributed by atoms with van der Waals surface area (Å²) in [6.45, 7) is 8.45. The van der Waals surface area contributed by atoms with Crippen molar-refractivity contribution in [1.82, 2.24) is 14.5 Å². The van der Waals surface area contributed by atoms with Crippen molar-refractivity contribution in [3.05, 3.63) is 115 Å². The Bertz CT molecular complexity index is 1980. The van der Waals surface area contributed by atoms with E-state index in [0.717, 1.165) is 44.3 Å². The Morgan fingerprint density at radius 3 is 2.23 bits per heavy atom. The Kier molecular flexibility index (Phi) is 5.88. The quantitative estimate of drug-likeness (QED) is 0.234. The summed E-state index contributed by atoms with van der Waals surface area (Å²) in [5, 5.41) is 2.31. The highest BCUT2D eigenvalue weighted by molar-refractivity contribution is 7.91. The van der Waals surface area contributed by atoms with Crippen molar-refractivity contribution >= 4 is 31.6 Å². The maximum atomic E-state index is 13.4. The lowest BCUT2D eigenvalue weighted by atomic mass is 9.88. The van der Waals surface area contributed by atoms with Crippen molar-refractivity contribution in [1.29, 1.82) is 0 Å². The number of nitrogens with zero attached hydrogens (tertiary/aromatic N) is 3. The molecule has 194 valence electrons. The number of para-hydroxylation sites is 1. The molecular formula is C33H29N3O2S. The lowest BCUT2D eigenvalue weighted by Crippen LogP contribution is -2.12. The summed E-state index contributed by atoms with van der Waals surface area (Å²) >= 11 is 0. The highest BCUT2D eigenvalue weighted by atomic mass is 32.2. The summed E-state index contributed by atoms with van der Waals surface area (Å²) < 4.78 is 28.9. The lowest BCUT2D eigenvalue weighted by Gasteiger charge is -2.20. The number of hydrogen-bond acceptors (Lipinski definition) is 4. The van der Waals surface area contributed by atoms with Gasteiger partial charge in [0.05, 0.1) is 15.9 Å². The molecule has 0 amide bonds. The zero-order valence-electron chi connectivity index (χ0n) is 22.4. The Morgan fingerprint density at radius 2 is 1.44 bits per heavy atom. The number of hydrogen-bond donors (Lipinski definition) is 0. The van der Waals surface area contributed by atoms with Gasteiger partial charge in [-0.3, -0.25) is 4.57 Å². The molecule has 0 spiro atoms. The first-order valence-corrected chi connectivity index (χ1v) is 14.4. The van der Waals surface area contributed by atoms with E-state index in [1.807, 2.05) is 31.3 Å². The van der Waals surface area contributed by atoms with Crippen LogP contribution in [0.1, 0.15) is 31.9 Å². The van der Waals surface area contributed by atoms with Gasteiger partial charge in [0.2, 0.25) is 9.84 Å². The third-order valence-corrected chi connectivity index (χ3v) is 8.81. The van der Waals surface area contributed by atoms with E-state index in [1.165, 1.54) is 11.8 Å². The average Bonchev–Trinajstić information content (AvgIpc) is 3.26. The molecule has 0 bridgehead atoms. The van der Waals surface area contributed by atoms with Gasteiger partial charge in [-0.2, -0.15) is 0 Å². The Morgan fingerprint density at radius 1 is 0.692 bits per heavy atom. The SMILES string of the molecule is Cc1ccnc(S(=O)(=O)c2cccc(-c3ccc4c5ccccc5n(-c5cc(C(C)(C)C)ccn5)c4c3)c2)c1. The zero-order chi connectivity index (χ0) is 27.4. The summed E-state index contributed by atoms with van der Waals surface area (Å²) in [5.74, 6) is 0.854. The smallest absolute Gasteiger partial charge is 0.223 e. The van der Waals surface area contributed by atoms with Crippen LogP contribution in [0.3, 0.4) is 0 Å². The standard InChI is InChI=1S/C33H29N3O2S/c1-22-14-16-35-32(18-22)39(37,38)26-9-7-8-23(19-26)24-12-13-28-27-10-5-6-11-29(27)36(30(28)20-24)31-21-25(15-17-34-31)33(2,3)4/h5-21H,1-4H3. The molecule has 6 heteroatoms. The van der Waals surface area contributed by atoms with Gasteiger partial charge in [-0.25, -0.2) is 18.4 Å². The molecule has 0 atom stereocenters. The number of pyridine rings is 2. The molecule has 0 N–H and O–H groups in total. The molecule has 0 aliphatic rings. The highest BCUT2D eigenvalue weighted by Crippen LogP contribution is 2.36. The number of benzene rings is 3. The minimum atomic E-state index is -3.75. The molecule has 0 fully saturated rings. The minimum Gasteiger partial charge on any atom is -0.294 e. The van der Waals surface area contributed by atoms with E-state index in [-0.39, 0.29) is 15.3 Å². The van der Waals surface area contributed by atoms with Crippen molar-refractivity contribution in [2.45, 2.75) is 43.0 Å². The normalized spacial score (nSPS) is 12.3. The summed E-state index contributed by atoms with van der Waals surface area (Å²) in [6.07, 6.45) is 3.40. The fourth-order valence-corrected chi connectivity index (χ4v) is 6.35. The van der Waals surface area contributed by atoms with E-state index < -0.39 is 9.84 Å². The number of rotatable bonds is 4. The lowest BCUT2D eigenvalue weighted by molar-refractivity contribution is 0.588. The molecule has 6 rings (SSSR count). The van der Waals surface area contributed by atoms with Crippen molar-refractivity contribution in [2.24, 2.45) is 0 Å². The Labute approximate surface area is 228 Å². The molecule has 3 aromatic carbocycles. The maximum Gasteiger partial charge on any atom is 0.223 e. The molecule has 5 nitrogen and oxygen atoms in total. The van der Waals surface area contributed by atoms with Crippen LogP contribution in [0.2, 0.25) is 0 Å². The first kappa shape index (κ1) is 25.0. The largest absolute Gasteiger partial charge is 0.294 e. The van der Waals surface area contributed by atoms with E-state index in [4.69, 9.17) is 4.98 Å². The van der Waals surface area contributed by atoms with Crippen molar-refractivity contribution < 1.29 is 8.42 Å². The summed E-state index contributed by atoms with van der Waals surface area (Å²) in [5.41, 5.74) is 5.87. The van der Waals surface area contributed by atoms with E-state index in [2.05, 4.69) is 72.8 Å². The van der Waals surface area contributed by atoms with Gasteiger partial charge in [-0.05, 0) is 83.1 Å². The second-order valence-corrected chi connectivity index (χ2v) is 12.8. The minimum absolute atomic E-state index is 0.0142. The first-order chi connectivity index (χ1) is 18.6. The maximum absolute atomic E-state index is 13.4. The van der Waals surface area contributed by atoms with Crippen LogP contribution in [0.5, 0.6) is 0 Å². The summed E-state index contributed by atoms with van der Waals surface area (Å²) in [6, 6.07) is 29.3. The molecule has 3 aromatic heterocycles. The fourth-order valence-electron chi connectivity index (χ4n) is 5.02. The monoisotopic (exact) mass is 531 g/mol. The van der Waals surface area contributed by atoms with Crippen molar-refractivity contribution in [2.75, 3.05) is 0 Å². The molecule has 6 aromatic rings. The number of sulfone groups is 1.